The van der Waals surface area contributed by atoms with Crippen molar-refractivity contribution in [1.82, 2.24) is 10.3 Å². The van der Waals surface area contributed by atoms with Crippen molar-refractivity contribution in [1.29, 1.82) is 0 Å². The zero-order valence-electron chi connectivity index (χ0n) is 16.9. The maximum atomic E-state index is 13.4. The van der Waals surface area contributed by atoms with Crippen molar-refractivity contribution >= 4 is 37.2 Å². The summed E-state index contributed by atoms with van der Waals surface area (Å²) in [5.74, 6) is -2.10. The molecule has 1 saturated carbocycles. The van der Waals surface area contributed by atoms with E-state index in [1.807, 2.05) is 6.07 Å². The summed E-state index contributed by atoms with van der Waals surface area (Å²) < 4.78 is 66.9. The van der Waals surface area contributed by atoms with Crippen LogP contribution >= 0.6 is 11.3 Å². The second kappa shape index (κ2) is 8.82. The molecule has 0 radical (unpaired) electrons. The predicted molar refractivity (Wildman–Crippen MR) is 116 cm³/mol. The maximum absolute atomic E-state index is 13.4. The SMILES string of the molecule is O=C(NCc1ccc(S(=O)(=O)C2CCCCC2C(F)(F)F)cc1)c1cc2ccncc2s1. The quantitative estimate of drug-likeness (QED) is 0.548. The minimum absolute atomic E-state index is 0.00893. The Labute approximate surface area is 187 Å². The molecule has 2 unspecified atom stereocenters. The summed E-state index contributed by atoms with van der Waals surface area (Å²) in [6.45, 7) is 0.167. The van der Waals surface area contributed by atoms with Gasteiger partial charge in [0.05, 0.1) is 25.6 Å². The van der Waals surface area contributed by atoms with Gasteiger partial charge in [0.1, 0.15) is 0 Å². The topological polar surface area (TPSA) is 76.1 Å². The molecule has 0 aliphatic heterocycles. The molecule has 1 aliphatic rings. The molecular weight excluding hydrogens is 461 g/mol. The zero-order valence-corrected chi connectivity index (χ0v) is 18.6. The van der Waals surface area contributed by atoms with E-state index in [9.17, 15) is 26.4 Å². The minimum Gasteiger partial charge on any atom is -0.347 e. The number of rotatable bonds is 5. The van der Waals surface area contributed by atoms with Crippen molar-refractivity contribution in [2.45, 2.75) is 48.5 Å². The van der Waals surface area contributed by atoms with E-state index in [-0.39, 0.29) is 30.2 Å². The summed E-state index contributed by atoms with van der Waals surface area (Å²) in [4.78, 5) is 16.9. The molecule has 3 aromatic rings. The first-order chi connectivity index (χ1) is 15.2. The first-order valence-corrected chi connectivity index (χ1v) is 12.5. The van der Waals surface area contributed by atoms with Gasteiger partial charge in [0.2, 0.25) is 0 Å². The van der Waals surface area contributed by atoms with Gasteiger partial charge in [-0.2, -0.15) is 13.2 Å². The summed E-state index contributed by atoms with van der Waals surface area (Å²) in [7, 11) is -4.11. The zero-order chi connectivity index (χ0) is 22.9. The van der Waals surface area contributed by atoms with E-state index >= 15 is 0 Å². The number of hydrogen-bond acceptors (Lipinski definition) is 5. The molecule has 1 aliphatic carbocycles. The molecule has 2 atom stereocenters. The molecule has 2 aromatic heterocycles. The lowest BCUT2D eigenvalue weighted by molar-refractivity contribution is -0.180. The van der Waals surface area contributed by atoms with Crippen LogP contribution < -0.4 is 5.32 Å². The van der Waals surface area contributed by atoms with Crippen LogP contribution in [0.3, 0.4) is 0 Å². The standard InChI is InChI=1S/C22H21F3N2O3S2/c23-22(24,25)17-3-1-2-4-20(17)32(29,30)16-7-5-14(6-8-16)12-27-21(28)18-11-15-9-10-26-13-19(15)31-18/h5-11,13,17,20H,1-4,12H2,(H,27,28). The molecule has 170 valence electrons. The third-order valence-electron chi connectivity index (χ3n) is 5.77. The van der Waals surface area contributed by atoms with Gasteiger partial charge in [-0.3, -0.25) is 9.78 Å². The van der Waals surface area contributed by atoms with Crippen molar-refractivity contribution in [3.05, 3.63) is 59.2 Å². The van der Waals surface area contributed by atoms with Crippen LogP contribution in [0.25, 0.3) is 10.1 Å². The second-order valence-electron chi connectivity index (χ2n) is 7.87. The first-order valence-electron chi connectivity index (χ1n) is 10.2. The summed E-state index contributed by atoms with van der Waals surface area (Å²) in [6.07, 6.45) is -0.507. The fourth-order valence-electron chi connectivity index (χ4n) is 4.08. The molecule has 4 rings (SSSR count). The predicted octanol–water partition coefficient (Wildman–Crippen LogP) is 5.12. The number of carbonyl (C=O) groups is 1. The molecule has 0 saturated heterocycles. The van der Waals surface area contributed by atoms with Gasteiger partial charge < -0.3 is 5.32 Å². The summed E-state index contributed by atoms with van der Waals surface area (Å²) in [5.41, 5.74) is 0.649. The molecule has 5 nitrogen and oxygen atoms in total. The number of halogens is 3. The number of aromatic nitrogens is 1. The van der Waals surface area contributed by atoms with Gasteiger partial charge in [-0.25, -0.2) is 8.42 Å². The lowest BCUT2D eigenvalue weighted by atomic mass is 9.88. The molecule has 10 heteroatoms. The van der Waals surface area contributed by atoms with Crippen LogP contribution in [0.15, 0.2) is 53.7 Å². The van der Waals surface area contributed by atoms with E-state index in [0.29, 0.717) is 23.3 Å². The van der Waals surface area contributed by atoms with Crippen LogP contribution in [0.1, 0.15) is 40.9 Å². The number of hydrogen-bond donors (Lipinski definition) is 1. The number of nitrogens with one attached hydrogen (secondary N) is 1. The van der Waals surface area contributed by atoms with Crippen molar-refractivity contribution in [3.8, 4) is 0 Å². The Morgan fingerprint density at radius 1 is 1.12 bits per heavy atom. The number of alkyl halides is 3. The lowest BCUT2D eigenvalue weighted by Gasteiger charge is -2.32. The number of fused-ring (bicyclic) bond motifs is 1. The van der Waals surface area contributed by atoms with Gasteiger partial charge in [0.25, 0.3) is 5.91 Å². The molecule has 1 aromatic carbocycles. The Bertz CT molecular complexity index is 1190. The highest BCUT2D eigenvalue weighted by atomic mass is 32.2. The van der Waals surface area contributed by atoms with E-state index in [1.165, 1.54) is 35.6 Å². The molecule has 0 bridgehead atoms. The van der Waals surface area contributed by atoms with Crippen LogP contribution in [0.5, 0.6) is 0 Å². The van der Waals surface area contributed by atoms with E-state index in [4.69, 9.17) is 0 Å². The molecule has 32 heavy (non-hydrogen) atoms. The van der Waals surface area contributed by atoms with Crippen molar-refractivity contribution in [2.75, 3.05) is 0 Å². The molecule has 0 spiro atoms. The fraction of sp³-hybridized carbons (Fsp3) is 0.364. The Morgan fingerprint density at radius 2 is 1.84 bits per heavy atom. The number of carbonyl (C=O) groups excluding carboxylic acids is 1. The van der Waals surface area contributed by atoms with Gasteiger partial charge in [-0.05, 0) is 48.1 Å². The highest BCUT2D eigenvalue weighted by molar-refractivity contribution is 7.92. The normalized spacial score (nSPS) is 19.7. The monoisotopic (exact) mass is 482 g/mol. The summed E-state index contributed by atoms with van der Waals surface area (Å²) in [6, 6.07) is 9.28. The maximum Gasteiger partial charge on any atom is 0.393 e. The number of thiophene rings is 1. The van der Waals surface area contributed by atoms with Crippen LogP contribution in [0, 0.1) is 5.92 Å². The van der Waals surface area contributed by atoms with Crippen LogP contribution in [0.2, 0.25) is 0 Å². The van der Waals surface area contributed by atoms with Crippen LogP contribution in [-0.2, 0) is 16.4 Å². The van der Waals surface area contributed by atoms with Gasteiger partial charge >= 0.3 is 6.18 Å². The van der Waals surface area contributed by atoms with E-state index in [0.717, 1.165) is 10.1 Å². The van der Waals surface area contributed by atoms with Crippen LogP contribution in [-0.4, -0.2) is 30.7 Å². The van der Waals surface area contributed by atoms with Gasteiger partial charge in [0, 0.05) is 18.9 Å². The number of benzene rings is 1. The van der Waals surface area contributed by atoms with Gasteiger partial charge in [-0.1, -0.05) is 25.0 Å². The van der Waals surface area contributed by atoms with E-state index in [2.05, 4.69) is 10.3 Å². The van der Waals surface area contributed by atoms with Crippen molar-refractivity contribution < 1.29 is 26.4 Å². The molecule has 2 heterocycles. The Kier molecular flexibility index (Phi) is 6.26. The number of sulfone groups is 1. The first kappa shape index (κ1) is 22.7. The molecule has 1 fully saturated rings. The Morgan fingerprint density at radius 3 is 2.53 bits per heavy atom. The van der Waals surface area contributed by atoms with Gasteiger partial charge in [-0.15, -0.1) is 11.3 Å². The third-order valence-corrected chi connectivity index (χ3v) is 9.15. The Balaban J connectivity index is 1.44. The lowest BCUT2D eigenvalue weighted by Crippen LogP contribution is -2.41. The smallest absolute Gasteiger partial charge is 0.347 e. The highest BCUT2D eigenvalue weighted by Gasteiger charge is 2.50. The second-order valence-corrected chi connectivity index (χ2v) is 11.1. The average molecular weight is 483 g/mol. The fourth-order valence-corrected chi connectivity index (χ4v) is 7.09. The van der Waals surface area contributed by atoms with Crippen molar-refractivity contribution in [2.24, 2.45) is 5.92 Å². The van der Waals surface area contributed by atoms with Crippen LogP contribution in [0.4, 0.5) is 13.2 Å². The molecule has 1 amide bonds. The van der Waals surface area contributed by atoms with E-state index in [1.54, 1.807) is 18.5 Å². The molecular formula is C22H21F3N2O3S2. The number of amides is 1. The molecule has 1 N–H and O–H groups in total. The minimum atomic E-state index is -4.54. The summed E-state index contributed by atoms with van der Waals surface area (Å²) >= 11 is 1.32. The van der Waals surface area contributed by atoms with Crippen molar-refractivity contribution in [3.63, 3.8) is 0 Å². The summed E-state index contributed by atoms with van der Waals surface area (Å²) in [5, 5.41) is 2.24. The van der Waals surface area contributed by atoms with Gasteiger partial charge in [0.15, 0.2) is 9.84 Å². The van der Waals surface area contributed by atoms with E-state index < -0.39 is 27.2 Å². The third kappa shape index (κ3) is 4.66. The number of pyridine rings is 1. The largest absolute Gasteiger partial charge is 0.393 e. The highest BCUT2D eigenvalue weighted by Crippen LogP contribution is 2.42. The Hall–Kier alpha value is -2.46. The average Bonchev–Trinajstić information content (AvgIpc) is 3.22. The number of nitrogens with zero attached hydrogens (tertiary/aromatic N) is 1.